The molecular formula is C70H52F2N6O7. The summed E-state index contributed by atoms with van der Waals surface area (Å²) in [6, 6.07) is 61.5. The fourth-order valence-corrected chi connectivity index (χ4v) is 11.1. The standard InChI is InChI=1S/C38H29FN4O3.C32H23FN2O4/c39-29-15-13-26(14-16-29)23-43-24-31-32(37(44)42-22-25-17-20-40-21-18-25)30-12-7-19-41-34(30)36(33(31)38(43)45)46-35(27-8-3-1-4-9-27)28-10-5-2-6-11-28;33-23-15-13-20(14-16-23)18-35-19-25-26(32(37)38)24-12-7-17-34-28(24)30(27(25)31(35)36)39-29(21-8-3-1-4-9-21)22-10-5-2-6-11-22/h1-21,35H,22-24H2,(H,42,44);1-17,29H,18-19H2,(H,37,38). The first-order valence-electron chi connectivity index (χ1n) is 27.5. The van der Waals surface area contributed by atoms with E-state index in [2.05, 4.69) is 20.3 Å². The van der Waals surface area contributed by atoms with Crippen molar-refractivity contribution in [2.45, 2.75) is 44.9 Å². The Bertz CT molecular complexity index is 4180. The Kier molecular flexibility index (Phi) is 15.6. The third-order valence-electron chi connectivity index (χ3n) is 15.0. The third-order valence-corrected chi connectivity index (χ3v) is 15.0. The van der Waals surface area contributed by atoms with Crippen molar-refractivity contribution in [1.82, 2.24) is 30.1 Å². The zero-order valence-corrected chi connectivity index (χ0v) is 45.5. The molecule has 2 N–H and O–H groups in total. The zero-order chi connectivity index (χ0) is 58.4. The van der Waals surface area contributed by atoms with Gasteiger partial charge in [0.25, 0.3) is 17.7 Å². The van der Waals surface area contributed by atoms with E-state index in [0.29, 0.717) is 49.8 Å². The van der Waals surface area contributed by atoms with Gasteiger partial charge in [-0.25, -0.2) is 13.6 Å². The molecule has 0 bridgehead atoms. The van der Waals surface area contributed by atoms with Crippen LogP contribution in [-0.2, 0) is 32.7 Å². The van der Waals surface area contributed by atoms with Crippen LogP contribution in [-0.4, -0.2) is 53.5 Å². The lowest BCUT2D eigenvalue weighted by atomic mass is 9.95. The molecule has 15 heteroatoms. The smallest absolute Gasteiger partial charge is 0.336 e. The van der Waals surface area contributed by atoms with Gasteiger partial charge in [-0.2, -0.15) is 0 Å². The molecule has 2 aliphatic rings. The second-order valence-corrected chi connectivity index (χ2v) is 20.5. The van der Waals surface area contributed by atoms with Gasteiger partial charge in [-0.05, 0) is 87.5 Å². The van der Waals surface area contributed by atoms with Crippen LogP contribution in [0.4, 0.5) is 8.78 Å². The largest absolute Gasteiger partial charge is 0.478 e. The second-order valence-electron chi connectivity index (χ2n) is 20.5. The van der Waals surface area contributed by atoms with Crippen molar-refractivity contribution in [3.05, 3.63) is 315 Å². The van der Waals surface area contributed by atoms with E-state index in [9.17, 15) is 33.1 Å². The molecule has 0 saturated heterocycles. The SMILES string of the molecule is O=C(NCc1ccncc1)c1c2c(c(OC(c3ccccc3)c3ccccc3)c3ncccc13)C(=O)N(Cc1ccc(F)cc1)C2.O=C(O)c1c2c(c(OC(c3ccccc3)c3ccccc3)c3ncccc13)C(=O)N(Cc1ccc(F)cc1)C2. The van der Waals surface area contributed by atoms with Crippen molar-refractivity contribution in [2.24, 2.45) is 0 Å². The van der Waals surface area contributed by atoms with Crippen LogP contribution in [0.3, 0.4) is 0 Å². The fourth-order valence-electron chi connectivity index (χ4n) is 11.1. The topological polar surface area (TPSA) is 164 Å². The molecule has 0 atom stereocenters. The summed E-state index contributed by atoms with van der Waals surface area (Å²) >= 11 is 0. The highest BCUT2D eigenvalue weighted by Gasteiger charge is 2.40. The summed E-state index contributed by atoms with van der Waals surface area (Å²) < 4.78 is 40.8. The lowest BCUT2D eigenvalue weighted by Crippen LogP contribution is -2.25. The predicted octanol–water partition coefficient (Wildman–Crippen LogP) is 13.4. The molecule has 0 aliphatic carbocycles. The van der Waals surface area contributed by atoms with Gasteiger partial charge in [0, 0.05) is 79.4 Å². The number of ether oxygens (including phenoxy) is 2. The number of carbonyl (C=O) groups is 4. The number of nitrogens with zero attached hydrogens (tertiary/aromatic N) is 5. The van der Waals surface area contributed by atoms with Crippen LogP contribution in [0.25, 0.3) is 21.8 Å². The molecule has 0 unspecified atom stereocenters. The lowest BCUT2D eigenvalue weighted by molar-refractivity contribution is 0.0692. The van der Waals surface area contributed by atoms with E-state index < -0.39 is 18.2 Å². The van der Waals surface area contributed by atoms with E-state index in [0.717, 1.165) is 38.9 Å². The number of nitrogens with one attached hydrogen (secondary N) is 1. The number of amides is 3. The quantitative estimate of drug-likeness (QED) is 0.0951. The highest BCUT2D eigenvalue weighted by Crippen LogP contribution is 2.45. The van der Waals surface area contributed by atoms with Gasteiger partial charge in [-0.3, -0.25) is 29.3 Å². The third kappa shape index (κ3) is 11.4. The molecule has 0 fully saturated rings. The molecule has 13 nitrogen and oxygen atoms in total. The fraction of sp³-hybridized carbons (Fsp3) is 0.100. The summed E-state index contributed by atoms with van der Waals surface area (Å²) in [5.41, 5.74) is 8.52. The average molecular weight is 1130 g/mol. The van der Waals surface area contributed by atoms with Gasteiger partial charge >= 0.3 is 5.97 Å². The van der Waals surface area contributed by atoms with Crippen LogP contribution >= 0.6 is 0 Å². The molecule has 3 amide bonds. The number of carbonyl (C=O) groups excluding carboxylic acids is 3. The Morgan fingerprint density at radius 2 is 0.871 bits per heavy atom. The minimum absolute atomic E-state index is 0.0337. The Balaban J connectivity index is 0.000000169. The van der Waals surface area contributed by atoms with Crippen molar-refractivity contribution < 1.29 is 42.5 Å². The maximum atomic E-state index is 14.3. The van der Waals surface area contributed by atoms with Gasteiger partial charge in [-0.15, -0.1) is 0 Å². The Labute approximate surface area is 487 Å². The first-order chi connectivity index (χ1) is 41.6. The number of carboxylic acid groups (broad SMARTS) is 1. The zero-order valence-electron chi connectivity index (χ0n) is 45.5. The molecule has 11 aromatic rings. The Morgan fingerprint density at radius 1 is 0.482 bits per heavy atom. The van der Waals surface area contributed by atoms with Crippen LogP contribution in [0.5, 0.6) is 11.5 Å². The normalized spacial score (nSPS) is 12.5. The Hall–Kier alpha value is -10.9. The van der Waals surface area contributed by atoms with Crippen molar-refractivity contribution in [1.29, 1.82) is 0 Å². The van der Waals surface area contributed by atoms with Gasteiger partial charge in [0.15, 0.2) is 11.5 Å². The first kappa shape index (κ1) is 54.6. The number of rotatable bonds is 16. The van der Waals surface area contributed by atoms with Crippen LogP contribution in [0.15, 0.2) is 231 Å². The number of halogens is 2. The highest BCUT2D eigenvalue weighted by atomic mass is 19.1. The summed E-state index contributed by atoms with van der Waals surface area (Å²) in [6.07, 6.45) is 5.41. The number of benzene rings is 8. The van der Waals surface area contributed by atoms with E-state index in [4.69, 9.17) is 9.47 Å². The van der Waals surface area contributed by atoms with E-state index in [1.165, 1.54) is 24.3 Å². The number of aromatic carboxylic acids is 1. The van der Waals surface area contributed by atoms with Crippen LogP contribution in [0.2, 0.25) is 0 Å². The maximum absolute atomic E-state index is 14.3. The first-order valence-corrected chi connectivity index (χ1v) is 27.5. The number of hydrogen-bond donors (Lipinski definition) is 2. The van der Waals surface area contributed by atoms with Crippen molar-refractivity contribution in [3.63, 3.8) is 0 Å². The number of pyridine rings is 3. The lowest BCUT2D eigenvalue weighted by Gasteiger charge is -2.23. The van der Waals surface area contributed by atoms with Crippen LogP contribution < -0.4 is 14.8 Å². The van der Waals surface area contributed by atoms with Gasteiger partial charge in [-0.1, -0.05) is 158 Å². The minimum atomic E-state index is -1.14. The summed E-state index contributed by atoms with van der Waals surface area (Å²) in [4.78, 5) is 71.2. The molecule has 0 saturated carbocycles. The second kappa shape index (κ2) is 24.3. The van der Waals surface area contributed by atoms with Crippen molar-refractivity contribution in [3.8, 4) is 11.5 Å². The predicted molar refractivity (Wildman–Crippen MR) is 317 cm³/mol. The summed E-state index contributed by atoms with van der Waals surface area (Å²) in [7, 11) is 0. The van der Waals surface area contributed by atoms with Gasteiger partial charge in [0.1, 0.15) is 34.9 Å². The molecule has 3 aromatic heterocycles. The molecule has 418 valence electrons. The van der Waals surface area contributed by atoms with Crippen molar-refractivity contribution >= 4 is 45.5 Å². The molecule has 0 spiro atoms. The molecule has 8 aromatic carbocycles. The number of aromatic nitrogens is 3. The monoisotopic (exact) mass is 1130 g/mol. The number of fused-ring (bicyclic) bond motifs is 4. The number of hydrogen-bond acceptors (Lipinski definition) is 9. The van der Waals surface area contributed by atoms with Crippen LogP contribution in [0, 0.1) is 11.6 Å². The summed E-state index contributed by atoms with van der Waals surface area (Å²) in [6.45, 7) is 0.960. The van der Waals surface area contributed by atoms with E-state index in [1.54, 1.807) is 77.1 Å². The molecular weight excluding hydrogens is 1070 g/mol. The molecule has 2 aliphatic heterocycles. The average Bonchev–Trinajstić information content (AvgIpc) is 2.16. The van der Waals surface area contributed by atoms with Crippen molar-refractivity contribution in [2.75, 3.05) is 0 Å². The summed E-state index contributed by atoms with van der Waals surface area (Å²) in [5.74, 6) is -2.27. The number of carboxylic acids is 1. The minimum Gasteiger partial charge on any atom is -0.478 e. The maximum Gasteiger partial charge on any atom is 0.336 e. The summed E-state index contributed by atoms with van der Waals surface area (Å²) in [5, 5.41) is 14.2. The molecule has 5 heterocycles. The Morgan fingerprint density at radius 3 is 1.27 bits per heavy atom. The molecule has 85 heavy (non-hydrogen) atoms. The molecule has 13 rings (SSSR count). The van der Waals surface area contributed by atoms with Crippen LogP contribution in [0.1, 0.15) is 104 Å². The van der Waals surface area contributed by atoms with Gasteiger partial charge in [0.2, 0.25) is 0 Å². The van der Waals surface area contributed by atoms with Gasteiger partial charge < -0.3 is 29.7 Å². The highest BCUT2D eigenvalue weighted by molar-refractivity contribution is 6.16. The van der Waals surface area contributed by atoms with Gasteiger partial charge in [0.05, 0.1) is 22.3 Å². The van der Waals surface area contributed by atoms with E-state index >= 15 is 0 Å². The van der Waals surface area contributed by atoms with E-state index in [-0.39, 0.29) is 79.0 Å². The van der Waals surface area contributed by atoms with E-state index in [1.807, 2.05) is 140 Å². The molecule has 0 radical (unpaired) electrons.